The van der Waals surface area contributed by atoms with Gasteiger partial charge in [0.15, 0.2) is 0 Å². The SMILES string of the molecule is Cc1cc([N+](=O)[O-])ccc1-c1nccc2c1sc1cc3c(cc12)CCCC3. The molecule has 0 saturated carbocycles. The Morgan fingerprint density at radius 1 is 1.04 bits per heavy atom. The van der Waals surface area contributed by atoms with E-state index in [4.69, 9.17) is 0 Å². The highest BCUT2D eigenvalue weighted by Crippen LogP contribution is 2.41. The lowest BCUT2D eigenvalue weighted by Gasteiger charge is -2.15. The summed E-state index contributed by atoms with van der Waals surface area (Å²) in [5.41, 5.74) is 5.84. The molecule has 5 heteroatoms. The molecule has 0 bridgehead atoms. The largest absolute Gasteiger partial charge is 0.269 e. The van der Waals surface area contributed by atoms with E-state index in [0.717, 1.165) is 21.5 Å². The maximum atomic E-state index is 11.0. The summed E-state index contributed by atoms with van der Waals surface area (Å²) in [4.78, 5) is 15.3. The Labute approximate surface area is 160 Å². The zero-order valence-electron chi connectivity index (χ0n) is 15.0. The molecule has 1 aliphatic rings. The molecule has 0 unspecified atom stereocenters. The standard InChI is InChI=1S/C22H18N2O2S/c1-13-10-16(24(25)26)6-7-17(13)21-22-18(8-9-23-21)19-11-14-4-2-3-5-15(14)12-20(19)27-22/h6-12H,2-5H2,1H3. The molecule has 0 aliphatic heterocycles. The number of benzene rings is 2. The predicted octanol–water partition coefficient (Wildman–Crippen LogP) is 6.21. The molecule has 0 fully saturated rings. The summed E-state index contributed by atoms with van der Waals surface area (Å²) in [6.07, 6.45) is 6.74. The van der Waals surface area contributed by atoms with Gasteiger partial charge in [-0.05, 0) is 73.6 Å². The van der Waals surface area contributed by atoms with Crippen molar-refractivity contribution < 1.29 is 4.92 Å². The van der Waals surface area contributed by atoms with Crippen LogP contribution >= 0.6 is 11.3 Å². The molecule has 134 valence electrons. The Morgan fingerprint density at radius 3 is 2.56 bits per heavy atom. The van der Waals surface area contributed by atoms with Crippen LogP contribution in [0, 0.1) is 17.0 Å². The second-order valence-electron chi connectivity index (χ2n) is 7.22. The van der Waals surface area contributed by atoms with Crippen molar-refractivity contribution in [1.29, 1.82) is 0 Å². The fourth-order valence-electron chi connectivity index (χ4n) is 4.15. The van der Waals surface area contributed by atoms with Gasteiger partial charge < -0.3 is 0 Å². The second-order valence-corrected chi connectivity index (χ2v) is 8.27. The summed E-state index contributed by atoms with van der Waals surface area (Å²) in [5, 5.41) is 13.6. The van der Waals surface area contributed by atoms with Crippen LogP contribution in [0.15, 0.2) is 42.6 Å². The van der Waals surface area contributed by atoms with Crippen molar-refractivity contribution in [3.8, 4) is 11.3 Å². The average molecular weight is 374 g/mol. The maximum absolute atomic E-state index is 11.0. The van der Waals surface area contributed by atoms with Crippen molar-refractivity contribution in [2.75, 3.05) is 0 Å². The number of aryl methyl sites for hydroxylation is 3. The minimum absolute atomic E-state index is 0.118. The van der Waals surface area contributed by atoms with E-state index in [1.807, 2.05) is 19.2 Å². The first-order chi connectivity index (χ1) is 13.1. The Morgan fingerprint density at radius 2 is 1.81 bits per heavy atom. The molecule has 1 aliphatic carbocycles. The highest BCUT2D eigenvalue weighted by Gasteiger charge is 2.17. The highest BCUT2D eigenvalue weighted by molar-refractivity contribution is 7.26. The number of aromatic nitrogens is 1. The number of nitro groups is 1. The molecule has 0 saturated heterocycles. The number of hydrogen-bond acceptors (Lipinski definition) is 4. The van der Waals surface area contributed by atoms with E-state index in [1.54, 1.807) is 23.5 Å². The van der Waals surface area contributed by atoms with E-state index in [2.05, 4.69) is 23.2 Å². The van der Waals surface area contributed by atoms with E-state index in [-0.39, 0.29) is 10.6 Å². The Bertz CT molecular complexity index is 1230. The third-order valence-corrected chi connectivity index (χ3v) is 6.70. The third kappa shape index (κ3) is 2.61. The lowest BCUT2D eigenvalue weighted by Crippen LogP contribution is -2.01. The fourth-order valence-corrected chi connectivity index (χ4v) is 5.40. The molecule has 2 heterocycles. The summed E-state index contributed by atoms with van der Waals surface area (Å²) < 4.78 is 2.46. The van der Waals surface area contributed by atoms with Crippen LogP contribution in [-0.2, 0) is 12.8 Å². The number of hydrogen-bond donors (Lipinski definition) is 0. The quantitative estimate of drug-likeness (QED) is 0.309. The smallest absolute Gasteiger partial charge is 0.258 e. The number of nitro benzene ring substituents is 1. The Hall–Kier alpha value is -2.79. The van der Waals surface area contributed by atoms with Crippen LogP contribution in [-0.4, -0.2) is 9.91 Å². The first-order valence-corrected chi connectivity index (χ1v) is 10.0. The lowest BCUT2D eigenvalue weighted by molar-refractivity contribution is -0.384. The van der Waals surface area contributed by atoms with Crippen molar-refractivity contribution in [3.63, 3.8) is 0 Å². The molecule has 0 spiro atoms. The number of fused-ring (bicyclic) bond motifs is 4. The third-order valence-electron chi connectivity index (χ3n) is 5.53. The molecular formula is C22H18N2O2S. The summed E-state index contributed by atoms with van der Waals surface area (Å²) in [6.45, 7) is 1.91. The summed E-state index contributed by atoms with van der Waals surface area (Å²) in [6, 6.07) is 11.8. The first-order valence-electron chi connectivity index (χ1n) is 9.20. The van der Waals surface area contributed by atoms with Crippen LogP contribution < -0.4 is 0 Å². The van der Waals surface area contributed by atoms with Gasteiger partial charge in [-0.1, -0.05) is 0 Å². The lowest BCUT2D eigenvalue weighted by atomic mass is 9.90. The molecule has 0 atom stereocenters. The summed E-state index contributed by atoms with van der Waals surface area (Å²) >= 11 is 1.78. The van der Waals surface area contributed by atoms with Gasteiger partial charge in [0, 0.05) is 39.4 Å². The fraction of sp³-hybridized carbons (Fsp3) is 0.227. The van der Waals surface area contributed by atoms with Crippen LogP contribution in [0.1, 0.15) is 29.5 Å². The van der Waals surface area contributed by atoms with E-state index in [1.165, 1.54) is 52.3 Å². The van der Waals surface area contributed by atoms with Gasteiger partial charge in [-0.25, -0.2) is 0 Å². The van der Waals surface area contributed by atoms with Crippen LogP contribution in [0.4, 0.5) is 5.69 Å². The molecule has 27 heavy (non-hydrogen) atoms. The number of non-ortho nitro benzene ring substituents is 1. The van der Waals surface area contributed by atoms with Gasteiger partial charge in [0.25, 0.3) is 5.69 Å². The molecule has 0 N–H and O–H groups in total. The zero-order chi connectivity index (χ0) is 18.5. The average Bonchev–Trinajstić information content (AvgIpc) is 3.03. The summed E-state index contributed by atoms with van der Waals surface area (Å²) in [5.74, 6) is 0. The molecule has 2 aromatic heterocycles. The van der Waals surface area contributed by atoms with Gasteiger partial charge in [0.1, 0.15) is 0 Å². The van der Waals surface area contributed by atoms with Gasteiger partial charge in [0.2, 0.25) is 0 Å². The van der Waals surface area contributed by atoms with Gasteiger partial charge in [0.05, 0.1) is 15.3 Å². The normalized spacial score (nSPS) is 13.8. The molecular weight excluding hydrogens is 356 g/mol. The Kier molecular flexibility index (Phi) is 3.72. The van der Waals surface area contributed by atoms with Gasteiger partial charge in [-0.15, -0.1) is 11.3 Å². The van der Waals surface area contributed by atoms with Crippen LogP contribution in [0.3, 0.4) is 0 Å². The van der Waals surface area contributed by atoms with Crippen LogP contribution in [0.25, 0.3) is 31.4 Å². The topological polar surface area (TPSA) is 56.0 Å². The highest BCUT2D eigenvalue weighted by atomic mass is 32.1. The molecule has 5 rings (SSSR count). The van der Waals surface area contributed by atoms with Crippen molar-refractivity contribution in [2.24, 2.45) is 0 Å². The van der Waals surface area contributed by atoms with Crippen LogP contribution in [0.2, 0.25) is 0 Å². The number of nitrogens with zero attached hydrogens (tertiary/aromatic N) is 2. The predicted molar refractivity (Wildman–Crippen MR) is 111 cm³/mol. The van der Waals surface area contributed by atoms with Crippen molar-refractivity contribution in [2.45, 2.75) is 32.6 Å². The molecule has 2 aromatic carbocycles. The molecule has 0 amide bonds. The van der Waals surface area contributed by atoms with E-state index >= 15 is 0 Å². The van der Waals surface area contributed by atoms with Crippen molar-refractivity contribution in [1.82, 2.24) is 4.98 Å². The minimum atomic E-state index is -0.352. The molecule has 4 nitrogen and oxygen atoms in total. The van der Waals surface area contributed by atoms with Gasteiger partial charge >= 0.3 is 0 Å². The number of thiophene rings is 1. The van der Waals surface area contributed by atoms with Crippen LogP contribution in [0.5, 0.6) is 0 Å². The van der Waals surface area contributed by atoms with Gasteiger partial charge in [-0.3, -0.25) is 15.1 Å². The number of rotatable bonds is 2. The minimum Gasteiger partial charge on any atom is -0.258 e. The second kappa shape index (κ2) is 6.13. The first kappa shape index (κ1) is 16.4. The summed E-state index contributed by atoms with van der Waals surface area (Å²) in [7, 11) is 0. The van der Waals surface area contributed by atoms with E-state index in [9.17, 15) is 10.1 Å². The number of pyridine rings is 1. The monoisotopic (exact) mass is 374 g/mol. The molecule has 4 aromatic rings. The Balaban J connectivity index is 1.75. The van der Waals surface area contributed by atoms with E-state index < -0.39 is 0 Å². The van der Waals surface area contributed by atoms with Crippen molar-refractivity contribution >= 4 is 37.2 Å². The molecule has 0 radical (unpaired) electrons. The zero-order valence-corrected chi connectivity index (χ0v) is 15.8. The van der Waals surface area contributed by atoms with E-state index in [0.29, 0.717) is 0 Å². The van der Waals surface area contributed by atoms with Gasteiger partial charge in [-0.2, -0.15) is 0 Å². The maximum Gasteiger partial charge on any atom is 0.269 e. The van der Waals surface area contributed by atoms with Crippen molar-refractivity contribution in [3.05, 3.63) is 69.4 Å².